The van der Waals surface area contributed by atoms with Crippen molar-refractivity contribution in [3.05, 3.63) is 60.2 Å². The van der Waals surface area contributed by atoms with Crippen molar-refractivity contribution in [2.24, 2.45) is 5.92 Å². The summed E-state index contributed by atoms with van der Waals surface area (Å²) in [5.41, 5.74) is 2.73. The van der Waals surface area contributed by atoms with Gasteiger partial charge < -0.3 is 15.0 Å². The standard InChI is InChI=1S/C25H27N3O3/c1-16(26-17(2)29)20-6-12-24-21(14-20)7-13-25(27-24)31-23-10-8-22(9-11-23)28(18(3)30)15-19-4-5-19/h6-14,16,19H,4-5,15H2,1-3H3,(H,26,29). The summed E-state index contributed by atoms with van der Waals surface area (Å²) in [4.78, 5) is 29.7. The normalized spacial score (nSPS) is 14.2. The van der Waals surface area contributed by atoms with E-state index < -0.39 is 0 Å². The summed E-state index contributed by atoms with van der Waals surface area (Å²) < 4.78 is 5.93. The van der Waals surface area contributed by atoms with Crippen LogP contribution in [0, 0.1) is 5.92 Å². The van der Waals surface area contributed by atoms with Crippen LogP contribution in [0.4, 0.5) is 5.69 Å². The van der Waals surface area contributed by atoms with E-state index in [1.54, 1.807) is 6.92 Å². The van der Waals surface area contributed by atoms with Crippen molar-refractivity contribution >= 4 is 28.4 Å². The molecule has 0 bridgehead atoms. The second kappa shape index (κ2) is 8.76. The van der Waals surface area contributed by atoms with E-state index in [1.807, 2.05) is 66.4 Å². The van der Waals surface area contributed by atoms with Gasteiger partial charge in [0.25, 0.3) is 0 Å². The lowest BCUT2D eigenvalue weighted by molar-refractivity contribution is -0.119. The largest absolute Gasteiger partial charge is 0.439 e. The van der Waals surface area contributed by atoms with E-state index in [1.165, 1.54) is 19.8 Å². The van der Waals surface area contributed by atoms with Gasteiger partial charge in [-0.15, -0.1) is 0 Å². The first-order chi connectivity index (χ1) is 14.9. The van der Waals surface area contributed by atoms with Crippen LogP contribution in [0.25, 0.3) is 10.9 Å². The molecule has 1 heterocycles. The van der Waals surface area contributed by atoms with E-state index in [2.05, 4.69) is 10.3 Å². The fourth-order valence-electron chi connectivity index (χ4n) is 3.63. The topological polar surface area (TPSA) is 71.5 Å². The molecule has 0 radical (unpaired) electrons. The zero-order valence-corrected chi connectivity index (χ0v) is 18.1. The van der Waals surface area contributed by atoms with Crippen molar-refractivity contribution in [3.63, 3.8) is 0 Å². The molecule has 1 atom stereocenters. The maximum absolute atomic E-state index is 12.0. The fourth-order valence-corrected chi connectivity index (χ4v) is 3.63. The number of carbonyl (C=O) groups excluding carboxylic acids is 2. The first kappa shape index (κ1) is 20.8. The van der Waals surface area contributed by atoms with E-state index in [4.69, 9.17) is 4.74 Å². The van der Waals surface area contributed by atoms with Crippen LogP contribution in [0.2, 0.25) is 0 Å². The minimum atomic E-state index is -0.0641. The molecule has 31 heavy (non-hydrogen) atoms. The molecule has 1 aromatic heterocycles. The van der Waals surface area contributed by atoms with Crippen LogP contribution in [0.5, 0.6) is 11.6 Å². The minimum Gasteiger partial charge on any atom is -0.439 e. The lowest BCUT2D eigenvalue weighted by Crippen LogP contribution is -2.30. The minimum absolute atomic E-state index is 0.0561. The highest BCUT2D eigenvalue weighted by atomic mass is 16.5. The zero-order chi connectivity index (χ0) is 22.0. The second-order valence-electron chi connectivity index (χ2n) is 8.19. The Kier molecular flexibility index (Phi) is 5.89. The summed E-state index contributed by atoms with van der Waals surface area (Å²) in [5, 5.41) is 3.87. The molecule has 0 aliphatic heterocycles. The van der Waals surface area contributed by atoms with Gasteiger partial charge in [-0.05, 0) is 73.7 Å². The number of carbonyl (C=O) groups is 2. The van der Waals surface area contributed by atoms with Gasteiger partial charge in [0.1, 0.15) is 5.75 Å². The molecule has 0 saturated heterocycles. The molecular weight excluding hydrogens is 390 g/mol. The van der Waals surface area contributed by atoms with Gasteiger partial charge in [0.05, 0.1) is 11.6 Å². The van der Waals surface area contributed by atoms with Crippen LogP contribution in [0.15, 0.2) is 54.6 Å². The average Bonchev–Trinajstić information content (AvgIpc) is 3.56. The van der Waals surface area contributed by atoms with Crippen molar-refractivity contribution in [1.29, 1.82) is 0 Å². The van der Waals surface area contributed by atoms with Crippen LogP contribution in [-0.2, 0) is 9.59 Å². The maximum atomic E-state index is 12.0. The highest BCUT2D eigenvalue weighted by Crippen LogP contribution is 2.32. The van der Waals surface area contributed by atoms with E-state index >= 15 is 0 Å². The van der Waals surface area contributed by atoms with E-state index in [-0.39, 0.29) is 17.9 Å². The summed E-state index contributed by atoms with van der Waals surface area (Å²) >= 11 is 0. The number of rotatable bonds is 7. The van der Waals surface area contributed by atoms with E-state index in [0.717, 1.165) is 28.7 Å². The third-order valence-corrected chi connectivity index (χ3v) is 5.50. The predicted octanol–water partition coefficient (Wildman–Crippen LogP) is 4.99. The summed E-state index contributed by atoms with van der Waals surface area (Å²) in [5.74, 6) is 1.80. The summed E-state index contributed by atoms with van der Waals surface area (Å²) in [6.07, 6.45) is 2.40. The molecule has 2 aromatic carbocycles. The summed E-state index contributed by atoms with van der Waals surface area (Å²) in [7, 11) is 0. The van der Waals surface area contributed by atoms with E-state index in [9.17, 15) is 9.59 Å². The Morgan fingerprint density at radius 2 is 1.84 bits per heavy atom. The van der Waals surface area contributed by atoms with Gasteiger partial charge in [-0.2, -0.15) is 0 Å². The summed E-state index contributed by atoms with van der Waals surface area (Å²) in [6, 6.07) is 17.2. The van der Waals surface area contributed by atoms with Crippen LogP contribution in [-0.4, -0.2) is 23.3 Å². The molecule has 1 N–H and O–H groups in total. The number of nitrogens with one attached hydrogen (secondary N) is 1. The van der Waals surface area contributed by atoms with Gasteiger partial charge in [-0.25, -0.2) is 4.98 Å². The molecule has 2 amide bonds. The molecule has 1 aliphatic rings. The number of hydrogen-bond donors (Lipinski definition) is 1. The Hall–Kier alpha value is -3.41. The third kappa shape index (κ3) is 5.20. The molecule has 1 saturated carbocycles. The SMILES string of the molecule is CC(=O)NC(C)c1ccc2nc(Oc3ccc(N(CC4CC4)C(C)=O)cc3)ccc2c1. The van der Waals surface area contributed by atoms with Crippen LogP contribution in [0.3, 0.4) is 0 Å². The number of pyridine rings is 1. The van der Waals surface area contributed by atoms with Crippen LogP contribution >= 0.6 is 0 Å². The summed E-state index contributed by atoms with van der Waals surface area (Å²) in [6.45, 7) is 5.85. The van der Waals surface area contributed by atoms with Crippen molar-refractivity contribution in [2.75, 3.05) is 11.4 Å². The number of ether oxygens (including phenoxy) is 1. The molecule has 0 spiro atoms. The number of benzene rings is 2. The number of nitrogens with zero attached hydrogens (tertiary/aromatic N) is 2. The molecule has 160 valence electrons. The average molecular weight is 418 g/mol. The van der Waals surface area contributed by atoms with Crippen molar-refractivity contribution < 1.29 is 14.3 Å². The molecule has 1 unspecified atom stereocenters. The Balaban J connectivity index is 1.47. The first-order valence-electron chi connectivity index (χ1n) is 10.6. The quantitative estimate of drug-likeness (QED) is 0.588. The molecule has 1 aliphatic carbocycles. The highest BCUT2D eigenvalue weighted by Gasteiger charge is 2.26. The van der Waals surface area contributed by atoms with Gasteiger partial charge in [0, 0.05) is 37.5 Å². The number of fused-ring (bicyclic) bond motifs is 1. The number of hydrogen-bond acceptors (Lipinski definition) is 4. The molecule has 6 nitrogen and oxygen atoms in total. The molecule has 4 rings (SSSR count). The fraction of sp³-hybridized carbons (Fsp3) is 0.320. The predicted molar refractivity (Wildman–Crippen MR) is 121 cm³/mol. The van der Waals surface area contributed by atoms with Crippen molar-refractivity contribution in [1.82, 2.24) is 10.3 Å². The smallest absolute Gasteiger partial charge is 0.223 e. The number of aromatic nitrogens is 1. The lowest BCUT2D eigenvalue weighted by atomic mass is 10.1. The first-order valence-corrected chi connectivity index (χ1v) is 10.6. The van der Waals surface area contributed by atoms with Gasteiger partial charge >= 0.3 is 0 Å². The monoisotopic (exact) mass is 417 g/mol. The molecular formula is C25H27N3O3. The van der Waals surface area contributed by atoms with Crippen molar-refractivity contribution in [3.8, 4) is 11.6 Å². The third-order valence-electron chi connectivity index (χ3n) is 5.50. The highest BCUT2D eigenvalue weighted by molar-refractivity contribution is 5.91. The number of amides is 2. The van der Waals surface area contributed by atoms with Gasteiger partial charge in [0.2, 0.25) is 17.7 Å². The Morgan fingerprint density at radius 1 is 1.10 bits per heavy atom. The Bertz CT molecular complexity index is 1110. The van der Waals surface area contributed by atoms with Crippen LogP contribution in [0.1, 0.15) is 45.2 Å². The molecule has 3 aromatic rings. The van der Waals surface area contributed by atoms with Gasteiger partial charge in [0.15, 0.2) is 0 Å². The second-order valence-corrected chi connectivity index (χ2v) is 8.19. The lowest BCUT2D eigenvalue weighted by Gasteiger charge is -2.21. The maximum Gasteiger partial charge on any atom is 0.223 e. The van der Waals surface area contributed by atoms with Crippen LogP contribution < -0.4 is 15.0 Å². The Labute approximate surface area is 182 Å². The van der Waals surface area contributed by atoms with Crippen molar-refractivity contribution in [2.45, 2.75) is 39.7 Å². The number of anilines is 1. The van der Waals surface area contributed by atoms with Gasteiger partial charge in [-0.3, -0.25) is 9.59 Å². The van der Waals surface area contributed by atoms with Gasteiger partial charge in [-0.1, -0.05) is 6.07 Å². The Morgan fingerprint density at radius 3 is 2.48 bits per heavy atom. The zero-order valence-electron chi connectivity index (χ0n) is 18.1. The molecule has 6 heteroatoms. The van der Waals surface area contributed by atoms with E-state index in [0.29, 0.717) is 17.5 Å². The molecule has 1 fully saturated rings.